The minimum atomic E-state index is -0.0447. The van der Waals surface area contributed by atoms with E-state index < -0.39 is 0 Å². The van der Waals surface area contributed by atoms with Gasteiger partial charge in [-0.2, -0.15) is 0 Å². The van der Waals surface area contributed by atoms with Crippen LogP contribution in [0.3, 0.4) is 0 Å². The molecule has 0 spiro atoms. The predicted molar refractivity (Wildman–Crippen MR) is 87.3 cm³/mol. The van der Waals surface area contributed by atoms with Gasteiger partial charge in [0.2, 0.25) is 0 Å². The quantitative estimate of drug-likeness (QED) is 0.856. The van der Waals surface area contributed by atoms with Crippen LogP contribution in [-0.4, -0.2) is 12.5 Å². The number of nitrogens with one attached hydrogen (secondary N) is 1. The van der Waals surface area contributed by atoms with Crippen molar-refractivity contribution in [2.24, 2.45) is 5.73 Å². The standard InChI is InChI=1S/C17H18N2OS/c1-12-5-3-6-13(2)16(12)17(20)19-11-15-14(7-4-9-18)8-10-21-15/h3,5-6,8,10H,9,11,18H2,1-2H3,(H,19,20). The zero-order chi connectivity index (χ0) is 15.2. The Hall–Kier alpha value is -2.09. The van der Waals surface area contributed by atoms with Crippen LogP contribution in [0, 0.1) is 25.7 Å². The fourth-order valence-electron chi connectivity index (χ4n) is 2.16. The highest BCUT2D eigenvalue weighted by Gasteiger charge is 2.12. The van der Waals surface area contributed by atoms with Gasteiger partial charge in [-0.25, -0.2) is 0 Å². The van der Waals surface area contributed by atoms with E-state index in [-0.39, 0.29) is 5.91 Å². The molecule has 1 aromatic heterocycles. The highest BCUT2D eigenvalue weighted by molar-refractivity contribution is 7.10. The van der Waals surface area contributed by atoms with Gasteiger partial charge in [0.15, 0.2) is 0 Å². The normalized spacial score (nSPS) is 9.86. The Morgan fingerprint density at radius 2 is 2.00 bits per heavy atom. The number of carbonyl (C=O) groups is 1. The second kappa shape index (κ2) is 7.07. The zero-order valence-corrected chi connectivity index (χ0v) is 13.0. The summed E-state index contributed by atoms with van der Waals surface area (Å²) in [5.41, 5.74) is 9.05. The van der Waals surface area contributed by atoms with E-state index in [2.05, 4.69) is 17.2 Å². The molecule has 0 saturated carbocycles. The smallest absolute Gasteiger partial charge is 0.252 e. The maximum atomic E-state index is 12.3. The van der Waals surface area contributed by atoms with Gasteiger partial charge < -0.3 is 11.1 Å². The molecule has 2 aromatic rings. The van der Waals surface area contributed by atoms with Crippen molar-refractivity contribution in [3.05, 3.63) is 56.8 Å². The molecule has 2 rings (SSSR count). The number of hydrogen-bond donors (Lipinski definition) is 2. The number of carbonyl (C=O) groups excluding carboxylic acids is 1. The average Bonchev–Trinajstić information content (AvgIpc) is 2.90. The summed E-state index contributed by atoms with van der Waals surface area (Å²) >= 11 is 1.59. The largest absolute Gasteiger partial charge is 0.347 e. The van der Waals surface area contributed by atoms with Crippen LogP contribution in [-0.2, 0) is 6.54 Å². The van der Waals surface area contributed by atoms with Gasteiger partial charge in [0.05, 0.1) is 13.1 Å². The van der Waals surface area contributed by atoms with Gasteiger partial charge >= 0.3 is 0 Å². The van der Waals surface area contributed by atoms with Crippen molar-refractivity contribution in [1.82, 2.24) is 5.32 Å². The van der Waals surface area contributed by atoms with Gasteiger partial charge in [-0.1, -0.05) is 30.0 Å². The Kier molecular flexibility index (Phi) is 5.15. The predicted octanol–water partition coefficient (Wildman–Crippen LogP) is 2.61. The number of hydrogen-bond acceptors (Lipinski definition) is 3. The van der Waals surface area contributed by atoms with E-state index in [1.54, 1.807) is 11.3 Å². The molecule has 108 valence electrons. The van der Waals surface area contributed by atoms with Crippen LogP contribution in [0.5, 0.6) is 0 Å². The molecule has 1 heterocycles. The Labute approximate surface area is 129 Å². The first-order chi connectivity index (χ1) is 10.1. The maximum Gasteiger partial charge on any atom is 0.252 e. The third-order valence-electron chi connectivity index (χ3n) is 3.19. The second-order valence-electron chi connectivity index (χ2n) is 4.71. The van der Waals surface area contributed by atoms with Gasteiger partial charge in [0.25, 0.3) is 5.91 Å². The summed E-state index contributed by atoms with van der Waals surface area (Å²) in [5, 5.41) is 4.95. The first-order valence-corrected chi connectivity index (χ1v) is 7.61. The summed E-state index contributed by atoms with van der Waals surface area (Å²) in [5.74, 6) is 5.82. The van der Waals surface area contributed by atoms with E-state index in [9.17, 15) is 4.79 Å². The molecule has 3 nitrogen and oxygen atoms in total. The van der Waals surface area contributed by atoms with Crippen LogP contribution in [0.4, 0.5) is 0 Å². The van der Waals surface area contributed by atoms with Crippen LogP contribution in [0.25, 0.3) is 0 Å². The van der Waals surface area contributed by atoms with Crippen LogP contribution in [0.2, 0.25) is 0 Å². The molecular formula is C17H18N2OS. The third-order valence-corrected chi connectivity index (χ3v) is 4.11. The summed E-state index contributed by atoms with van der Waals surface area (Å²) in [6.45, 7) is 4.72. The summed E-state index contributed by atoms with van der Waals surface area (Å²) in [7, 11) is 0. The van der Waals surface area contributed by atoms with Crippen molar-refractivity contribution in [3.63, 3.8) is 0 Å². The van der Waals surface area contributed by atoms with Crippen LogP contribution in [0.15, 0.2) is 29.6 Å². The van der Waals surface area contributed by atoms with Gasteiger partial charge in [-0.15, -0.1) is 11.3 Å². The number of thiophene rings is 1. The van der Waals surface area contributed by atoms with Gasteiger partial charge in [0, 0.05) is 16.0 Å². The lowest BCUT2D eigenvalue weighted by atomic mass is 10.0. The monoisotopic (exact) mass is 298 g/mol. The summed E-state index contributed by atoms with van der Waals surface area (Å²) < 4.78 is 0. The SMILES string of the molecule is Cc1cccc(C)c1C(=O)NCc1sccc1C#CCN. The van der Waals surface area contributed by atoms with Crippen molar-refractivity contribution in [2.75, 3.05) is 6.54 Å². The topological polar surface area (TPSA) is 55.1 Å². The maximum absolute atomic E-state index is 12.3. The van der Waals surface area contributed by atoms with E-state index in [1.807, 2.05) is 43.5 Å². The van der Waals surface area contributed by atoms with Crippen molar-refractivity contribution in [2.45, 2.75) is 20.4 Å². The lowest BCUT2D eigenvalue weighted by Crippen LogP contribution is -2.24. The lowest BCUT2D eigenvalue weighted by molar-refractivity contribution is 0.0950. The molecule has 0 unspecified atom stereocenters. The molecule has 0 atom stereocenters. The molecule has 1 aromatic carbocycles. The summed E-state index contributed by atoms with van der Waals surface area (Å²) in [4.78, 5) is 13.4. The number of amides is 1. The summed E-state index contributed by atoms with van der Waals surface area (Å²) in [6.07, 6.45) is 0. The van der Waals surface area contributed by atoms with Crippen molar-refractivity contribution in [1.29, 1.82) is 0 Å². The minimum absolute atomic E-state index is 0.0447. The van der Waals surface area contributed by atoms with Crippen molar-refractivity contribution in [3.8, 4) is 11.8 Å². The lowest BCUT2D eigenvalue weighted by Gasteiger charge is -2.10. The van der Waals surface area contributed by atoms with Crippen molar-refractivity contribution < 1.29 is 4.79 Å². The Bertz CT molecular complexity index is 687. The third kappa shape index (κ3) is 3.72. The number of nitrogens with two attached hydrogens (primary N) is 1. The summed E-state index contributed by atoms with van der Waals surface area (Å²) in [6, 6.07) is 7.81. The van der Waals surface area contributed by atoms with Crippen LogP contribution < -0.4 is 11.1 Å². The molecule has 0 aliphatic rings. The number of aryl methyl sites for hydroxylation is 2. The highest BCUT2D eigenvalue weighted by Crippen LogP contribution is 2.17. The van der Waals surface area contributed by atoms with Gasteiger partial charge in [-0.3, -0.25) is 4.79 Å². The van der Waals surface area contributed by atoms with Gasteiger partial charge in [0.1, 0.15) is 0 Å². The highest BCUT2D eigenvalue weighted by atomic mass is 32.1. The molecule has 0 bridgehead atoms. The first kappa shape index (κ1) is 15.3. The van der Waals surface area contributed by atoms with E-state index in [0.29, 0.717) is 13.1 Å². The molecule has 21 heavy (non-hydrogen) atoms. The number of benzene rings is 1. The van der Waals surface area contributed by atoms with E-state index in [4.69, 9.17) is 5.73 Å². The number of rotatable bonds is 3. The molecule has 0 radical (unpaired) electrons. The second-order valence-corrected chi connectivity index (χ2v) is 5.71. The molecule has 0 aliphatic carbocycles. The molecule has 0 fully saturated rings. The molecular weight excluding hydrogens is 280 g/mol. The van der Waals surface area contributed by atoms with E-state index in [1.165, 1.54) is 0 Å². The molecule has 0 aliphatic heterocycles. The Morgan fingerprint density at radius 1 is 1.29 bits per heavy atom. The van der Waals surface area contributed by atoms with Crippen molar-refractivity contribution >= 4 is 17.2 Å². The van der Waals surface area contributed by atoms with E-state index >= 15 is 0 Å². The first-order valence-electron chi connectivity index (χ1n) is 6.73. The minimum Gasteiger partial charge on any atom is -0.347 e. The van der Waals surface area contributed by atoms with Gasteiger partial charge in [-0.05, 0) is 36.4 Å². The van der Waals surface area contributed by atoms with Crippen LogP contribution in [0.1, 0.15) is 31.9 Å². The fraction of sp³-hybridized carbons (Fsp3) is 0.235. The fourth-order valence-corrected chi connectivity index (χ4v) is 2.93. The molecule has 4 heteroatoms. The molecule has 1 amide bonds. The Balaban J connectivity index is 2.10. The molecule has 3 N–H and O–H groups in total. The Morgan fingerprint density at radius 3 is 2.67 bits per heavy atom. The van der Waals surface area contributed by atoms with Crippen LogP contribution >= 0.6 is 11.3 Å². The zero-order valence-electron chi connectivity index (χ0n) is 12.2. The average molecular weight is 298 g/mol. The van der Waals surface area contributed by atoms with E-state index in [0.717, 1.165) is 27.1 Å². The molecule has 0 saturated heterocycles.